The van der Waals surface area contributed by atoms with E-state index in [9.17, 15) is 47.5 Å². The lowest BCUT2D eigenvalue weighted by Crippen LogP contribution is -2.34. The summed E-state index contributed by atoms with van der Waals surface area (Å²) in [6, 6.07) is 13.6. The Morgan fingerprint density at radius 2 is 1.58 bits per heavy atom. The SMILES string of the molecule is CSSC(C)c1ccccc1C(=O)O[C@@H]1C[C@H](n2cc(C#CCNC(=O)COCCOC(=O)c3ccccc3C(C)SSCCN)c(=O)[nH]c2=O)OC1COP(=O)(O)OP(=O)(O)OP(=O)(O)O. The van der Waals surface area contributed by atoms with Crippen molar-refractivity contribution in [3.05, 3.63) is 103 Å². The zero-order valence-electron chi connectivity index (χ0n) is 35.7. The summed E-state index contributed by atoms with van der Waals surface area (Å²) in [4.78, 5) is 104. The number of carbonyl (C=O) groups is 3. The lowest BCUT2D eigenvalue weighted by molar-refractivity contribution is -0.125. The topological polar surface area (TPSA) is 341 Å². The van der Waals surface area contributed by atoms with Crippen LogP contribution in [-0.4, -0.2) is 111 Å². The molecule has 4 rings (SSSR count). The number of nitrogens with two attached hydrogens (primary N) is 1. The molecular weight excluding hydrogens is 1030 g/mol. The van der Waals surface area contributed by atoms with E-state index >= 15 is 0 Å². The van der Waals surface area contributed by atoms with Gasteiger partial charge in [0.25, 0.3) is 5.56 Å². The number of ether oxygens (including phenoxy) is 4. The molecule has 2 aromatic carbocycles. The predicted octanol–water partition coefficient (Wildman–Crippen LogP) is 4.21. The van der Waals surface area contributed by atoms with E-state index in [0.717, 1.165) is 22.1 Å². The van der Waals surface area contributed by atoms with Crippen LogP contribution < -0.4 is 22.3 Å². The Morgan fingerprint density at radius 3 is 2.22 bits per heavy atom. The molecule has 1 saturated heterocycles. The van der Waals surface area contributed by atoms with E-state index in [4.69, 9.17) is 39.0 Å². The van der Waals surface area contributed by atoms with E-state index in [1.54, 1.807) is 51.9 Å². The molecular formula is C37H47N4O19P3S4. The van der Waals surface area contributed by atoms with Crippen LogP contribution >= 0.6 is 66.6 Å². The van der Waals surface area contributed by atoms with Gasteiger partial charge < -0.3 is 49.6 Å². The van der Waals surface area contributed by atoms with E-state index in [1.807, 2.05) is 32.2 Å². The molecule has 23 nitrogen and oxygen atoms in total. The number of esters is 2. The van der Waals surface area contributed by atoms with Gasteiger partial charge in [-0.1, -0.05) is 91.4 Å². The van der Waals surface area contributed by atoms with Gasteiger partial charge >= 0.3 is 41.1 Å². The molecule has 7 atom stereocenters. The van der Waals surface area contributed by atoms with Crippen molar-refractivity contribution in [2.24, 2.45) is 5.73 Å². The summed E-state index contributed by atoms with van der Waals surface area (Å²) in [6.45, 7) is 2.41. The molecule has 1 aliphatic heterocycles. The Hall–Kier alpha value is -3.22. The number of amides is 1. The van der Waals surface area contributed by atoms with Gasteiger partial charge in [0, 0.05) is 35.4 Å². The molecule has 0 bridgehead atoms. The highest BCUT2D eigenvalue weighted by Gasteiger charge is 2.44. The van der Waals surface area contributed by atoms with Crippen molar-refractivity contribution in [1.29, 1.82) is 0 Å². The van der Waals surface area contributed by atoms with Crippen LogP contribution in [0, 0.1) is 11.8 Å². The number of phosphoric ester groups is 1. The van der Waals surface area contributed by atoms with Crippen LogP contribution in [0.15, 0.2) is 64.3 Å². The first-order valence-corrected chi connectivity index (χ1v) is 29.0. The van der Waals surface area contributed by atoms with Crippen molar-refractivity contribution in [1.82, 2.24) is 14.9 Å². The summed E-state index contributed by atoms with van der Waals surface area (Å²) in [5, 5.41) is 2.28. The second-order valence-corrected chi connectivity index (χ2v) is 23.7. The standard InChI is InChI=1S/C37H47N4O19P3S4/c1-23(66-64-3)26-10-5-7-13-29(26)36(45)58-30-19-33(57-31(30)21-56-62(50,51)60-63(52,53)59-61(47,48)49)41-20-25(34(43)40-37(41)46)9-8-15-39-32(42)22-54-16-17-55-35(44)28-12-6-4-11-27(28)24(2)67-65-18-14-38/h4-7,10-13,20,23-24,30-31,33H,14-19,21-22,38H2,1-3H3,(H,39,42)(H,50,51)(H,52,53)(H,40,43,46)(H2,47,48,49)/t23?,24?,30-,31?,33-/m1/s1. The Kier molecular flexibility index (Phi) is 22.4. The highest BCUT2D eigenvalue weighted by atomic mass is 33.1. The molecule has 0 saturated carbocycles. The molecule has 0 radical (unpaired) electrons. The largest absolute Gasteiger partial charge is 0.490 e. The van der Waals surface area contributed by atoms with Crippen LogP contribution in [0.5, 0.6) is 0 Å². The summed E-state index contributed by atoms with van der Waals surface area (Å²) in [5.41, 5.74) is 5.32. The number of nitrogens with zero attached hydrogens (tertiary/aromatic N) is 1. The average Bonchev–Trinajstić information content (AvgIpc) is 3.65. The number of H-pyrrole nitrogens is 1. The van der Waals surface area contributed by atoms with Crippen molar-refractivity contribution >= 4 is 84.5 Å². The Bertz CT molecular complexity index is 2540. The fourth-order valence-corrected chi connectivity index (χ4v) is 12.9. The van der Waals surface area contributed by atoms with Gasteiger partial charge in [0.1, 0.15) is 37.2 Å². The van der Waals surface area contributed by atoms with Crippen molar-refractivity contribution in [3.8, 4) is 11.8 Å². The van der Waals surface area contributed by atoms with Crippen LogP contribution in [0.3, 0.4) is 0 Å². The van der Waals surface area contributed by atoms with E-state index in [1.165, 1.54) is 27.7 Å². The summed E-state index contributed by atoms with van der Waals surface area (Å²) in [7, 11) is -11.1. The van der Waals surface area contributed by atoms with E-state index < -0.39 is 84.2 Å². The lowest BCUT2D eigenvalue weighted by Gasteiger charge is -2.22. The van der Waals surface area contributed by atoms with Gasteiger partial charge in [0.05, 0.1) is 30.9 Å². The van der Waals surface area contributed by atoms with Crippen LogP contribution in [0.4, 0.5) is 0 Å². The summed E-state index contributed by atoms with van der Waals surface area (Å²) >= 11 is 0. The van der Waals surface area contributed by atoms with Gasteiger partial charge in [-0.3, -0.25) is 23.7 Å². The fraction of sp³-hybridized carbons (Fsp3) is 0.432. The highest BCUT2D eigenvalue weighted by molar-refractivity contribution is 8.77. The second kappa shape index (κ2) is 26.7. The number of aromatic amines is 1. The maximum atomic E-state index is 13.6. The molecule has 0 spiro atoms. The monoisotopic (exact) mass is 1070 g/mol. The molecule has 3 aromatic rings. The average molecular weight is 1070 g/mol. The number of rotatable bonds is 25. The first-order chi connectivity index (χ1) is 31.6. The van der Waals surface area contributed by atoms with Crippen molar-refractivity contribution in [2.45, 2.75) is 49.2 Å². The minimum absolute atomic E-state index is 0.00262. The predicted molar refractivity (Wildman–Crippen MR) is 250 cm³/mol. The number of carbonyl (C=O) groups excluding carboxylic acids is 3. The fourth-order valence-electron chi connectivity index (χ4n) is 5.90. The summed E-state index contributed by atoms with van der Waals surface area (Å²) < 4.78 is 71.0. The molecule has 30 heteroatoms. The molecule has 5 unspecified atom stereocenters. The summed E-state index contributed by atoms with van der Waals surface area (Å²) in [5.74, 6) is 3.86. The van der Waals surface area contributed by atoms with E-state index in [-0.39, 0.29) is 47.8 Å². The molecule has 8 N–H and O–H groups in total. The van der Waals surface area contributed by atoms with E-state index in [0.29, 0.717) is 17.7 Å². The zero-order chi connectivity index (χ0) is 49.4. The van der Waals surface area contributed by atoms with E-state index in [2.05, 4.69) is 30.8 Å². The molecule has 1 fully saturated rings. The van der Waals surface area contributed by atoms with Gasteiger partial charge in [-0.15, -0.1) is 0 Å². The first-order valence-electron chi connectivity index (χ1n) is 19.5. The summed E-state index contributed by atoms with van der Waals surface area (Å²) in [6.07, 6.45) is -1.75. The number of phosphoric acid groups is 3. The third-order valence-electron chi connectivity index (χ3n) is 8.72. The first kappa shape index (κ1) is 56.4. The van der Waals surface area contributed by atoms with Crippen molar-refractivity contribution in [3.63, 3.8) is 0 Å². The number of hydrogen-bond donors (Lipinski definition) is 7. The molecule has 0 aliphatic carbocycles. The van der Waals surface area contributed by atoms with Gasteiger partial charge in [-0.05, 0) is 43.4 Å². The minimum atomic E-state index is -5.89. The molecule has 1 amide bonds. The molecule has 67 heavy (non-hydrogen) atoms. The van der Waals surface area contributed by atoms with Crippen LogP contribution in [0.1, 0.15) is 74.4 Å². The lowest BCUT2D eigenvalue weighted by atomic mass is 10.0. The van der Waals surface area contributed by atoms with Crippen molar-refractivity contribution in [2.75, 3.05) is 51.5 Å². The Morgan fingerprint density at radius 1 is 0.940 bits per heavy atom. The third-order valence-corrected chi connectivity index (χ3v) is 17.6. The molecule has 2 heterocycles. The van der Waals surface area contributed by atoms with Crippen molar-refractivity contribution < 1.29 is 79.7 Å². The van der Waals surface area contributed by atoms with Gasteiger partial charge in [0.2, 0.25) is 5.91 Å². The minimum Gasteiger partial charge on any atom is -0.460 e. The van der Waals surface area contributed by atoms with Gasteiger partial charge in [0.15, 0.2) is 0 Å². The smallest absolute Gasteiger partial charge is 0.460 e. The normalized spacial score (nSPS) is 18.7. The highest BCUT2D eigenvalue weighted by Crippen LogP contribution is 2.66. The Balaban J connectivity index is 1.39. The van der Waals surface area contributed by atoms with Gasteiger partial charge in [-0.2, -0.15) is 8.62 Å². The van der Waals surface area contributed by atoms with Crippen LogP contribution in [-0.2, 0) is 50.6 Å². The van der Waals surface area contributed by atoms with Crippen LogP contribution in [0.2, 0.25) is 0 Å². The number of nitrogens with one attached hydrogen (secondary N) is 2. The van der Waals surface area contributed by atoms with Gasteiger partial charge in [-0.25, -0.2) is 28.1 Å². The molecule has 1 aliphatic rings. The second-order valence-electron chi connectivity index (χ2n) is 13.6. The third kappa shape index (κ3) is 18.6. The molecule has 1 aromatic heterocycles. The molecule has 368 valence electrons. The maximum absolute atomic E-state index is 13.6. The number of aromatic nitrogens is 2. The quantitative estimate of drug-likeness (QED) is 0.0205. The number of benzene rings is 2. The zero-order valence-corrected chi connectivity index (χ0v) is 41.6. The number of hydrogen-bond acceptors (Lipinski definition) is 20. The van der Waals surface area contributed by atoms with Crippen LogP contribution in [0.25, 0.3) is 0 Å². The Labute approximate surface area is 398 Å². The maximum Gasteiger partial charge on any atom is 0.490 e.